The normalized spacial score (nSPS) is 11.9. The first-order valence-electron chi connectivity index (χ1n) is 5.98. The molecule has 0 radical (unpaired) electrons. The van der Waals surface area contributed by atoms with Crippen molar-refractivity contribution in [2.24, 2.45) is 0 Å². The van der Waals surface area contributed by atoms with E-state index in [-0.39, 0.29) is 16.2 Å². The van der Waals surface area contributed by atoms with E-state index in [4.69, 9.17) is 9.15 Å². The fourth-order valence-corrected chi connectivity index (χ4v) is 1.90. The molecule has 1 aromatic heterocycles. The predicted octanol–water partition coefficient (Wildman–Crippen LogP) is 3.26. The minimum atomic E-state index is -0.692. The van der Waals surface area contributed by atoms with Crippen LogP contribution in [-0.2, 0) is 11.3 Å². The second-order valence-corrected chi connectivity index (χ2v) is 4.99. The number of rotatable bonds is 5. The SMILES string of the molecule is CC(Oc1ccc(F)c(Br)c1)C(=O)NCc1ccco1. The Bertz CT molecular complexity index is 586. The van der Waals surface area contributed by atoms with E-state index in [9.17, 15) is 9.18 Å². The summed E-state index contributed by atoms with van der Waals surface area (Å²) in [6.45, 7) is 1.92. The molecule has 1 amide bonds. The maximum Gasteiger partial charge on any atom is 0.261 e. The molecule has 20 heavy (non-hydrogen) atoms. The number of amides is 1. The molecular formula is C14H13BrFNO3. The number of benzene rings is 1. The van der Waals surface area contributed by atoms with E-state index in [1.54, 1.807) is 19.1 Å². The first-order chi connectivity index (χ1) is 9.56. The van der Waals surface area contributed by atoms with Crippen molar-refractivity contribution in [3.63, 3.8) is 0 Å². The lowest BCUT2D eigenvalue weighted by Gasteiger charge is -2.14. The molecule has 1 N–H and O–H groups in total. The van der Waals surface area contributed by atoms with Crippen LogP contribution in [0.2, 0.25) is 0 Å². The summed E-state index contributed by atoms with van der Waals surface area (Å²) in [6.07, 6.45) is 0.847. The molecule has 0 bridgehead atoms. The number of carbonyl (C=O) groups excluding carboxylic acids is 1. The minimum Gasteiger partial charge on any atom is -0.481 e. The summed E-state index contributed by atoms with van der Waals surface area (Å²) in [5.74, 6) is 0.420. The van der Waals surface area contributed by atoms with Crippen molar-refractivity contribution in [2.45, 2.75) is 19.6 Å². The smallest absolute Gasteiger partial charge is 0.261 e. The molecule has 4 nitrogen and oxygen atoms in total. The van der Waals surface area contributed by atoms with E-state index in [2.05, 4.69) is 21.2 Å². The molecule has 0 saturated heterocycles. The van der Waals surface area contributed by atoms with Crippen molar-refractivity contribution >= 4 is 21.8 Å². The van der Waals surface area contributed by atoms with E-state index in [1.165, 1.54) is 24.5 Å². The van der Waals surface area contributed by atoms with Crippen molar-refractivity contribution in [1.82, 2.24) is 5.32 Å². The zero-order chi connectivity index (χ0) is 14.5. The molecule has 2 rings (SSSR count). The van der Waals surface area contributed by atoms with E-state index >= 15 is 0 Å². The number of furan rings is 1. The van der Waals surface area contributed by atoms with Gasteiger partial charge < -0.3 is 14.5 Å². The zero-order valence-electron chi connectivity index (χ0n) is 10.7. The molecule has 0 aliphatic rings. The van der Waals surface area contributed by atoms with Crippen LogP contribution >= 0.6 is 15.9 Å². The van der Waals surface area contributed by atoms with Gasteiger partial charge in [0.2, 0.25) is 0 Å². The van der Waals surface area contributed by atoms with Crippen molar-refractivity contribution in [1.29, 1.82) is 0 Å². The van der Waals surface area contributed by atoms with Crippen molar-refractivity contribution in [3.05, 3.63) is 52.6 Å². The molecule has 1 unspecified atom stereocenters. The summed E-state index contributed by atoms with van der Waals surface area (Å²) < 4.78 is 23.9. The number of hydrogen-bond donors (Lipinski definition) is 1. The van der Waals surface area contributed by atoms with Gasteiger partial charge in [-0.15, -0.1) is 0 Å². The summed E-state index contributed by atoms with van der Waals surface area (Å²) in [7, 11) is 0. The van der Waals surface area contributed by atoms with Crippen LogP contribution in [0, 0.1) is 5.82 Å². The van der Waals surface area contributed by atoms with Gasteiger partial charge in [0.25, 0.3) is 5.91 Å². The zero-order valence-corrected chi connectivity index (χ0v) is 12.3. The highest BCUT2D eigenvalue weighted by Gasteiger charge is 2.15. The largest absolute Gasteiger partial charge is 0.481 e. The van der Waals surface area contributed by atoms with Crippen molar-refractivity contribution in [2.75, 3.05) is 0 Å². The Morgan fingerprint density at radius 2 is 2.30 bits per heavy atom. The quantitative estimate of drug-likeness (QED) is 0.907. The fraction of sp³-hybridized carbons (Fsp3) is 0.214. The van der Waals surface area contributed by atoms with Crippen LogP contribution < -0.4 is 10.1 Å². The molecule has 1 aromatic carbocycles. The fourth-order valence-electron chi connectivity index (χ4n) is 1.54. The third kappa shape index (κ3) is 3.84. The molecule has 0 aliphatic carbocycles. The second-order valence-electron chi connectivity index (χ2n) is 4.13. The average molecular weight is 342 g/mol. The Morgan fingerprint density at radius 1 is 1.50 bits per heavy atom. The van der Waals surface area contributed by atoms with Gasteiger partial charge >= 0.3 is 0 Å². The third-order valence-electron chi connectivity index (χ3n) is 2.59. The van der Waals surface area contributed by atoms with Gasteiger partial charge in [-0.1, -0.05) is 0 Å². The summed E-state index contributed by atoms with van der Waals surface area (Å²) >= 11 is 3.06. The lowest BCUT2D eigenvalue weighted by Crippen LogP contribution is -2.35. The van der Waals surface area contributed by atoms with Crippen molar-refractivity contribution in [3.8, 4) is 5.75 Å². The van der Waals surface area contributed by atoms with Crippen molar-refractivity contribution < 1.29 is 18.3 Å². The van der Waals surface area contributed by atoms with E-state index in [0.717, 1.165) is 0 Å². The van der Waals surface area contributed by atoms with Gasteiger partial charge in [-0.3, -0.25) is 4.79 Å². The minimum absolute atomic E-state index is 0.276. The second kappa shape index (κ2) is 6.56. The van der Waals surface area contributed by atoms with E-state index in [1.807, 2.05) is 0 Å². The van der Waals surface area contributed by atoms with E-state index < -0.39 is 6.10 Å². The molecular weight excluding hydrogens is 329 g/mol. The van der Waals surface area contributed by atoms with Gasteiger partial charge in [0.05, 0.1) is 17.3 Å². The molecule has 106 valence electrons. The monoisotopic (exact) mass is 341 g/mol. The van der Waals surface area contributed by atoms with Crippen LogP contribution in [0.4, 0.5) is 4.39 Å². The van der Waals surface area contributed by atoms with Gasteiger partial charge in [0.15, 0.2) is 6.10 Å². The van der Waals surface area contributed by atoms with Crippen LogP contribution in [0.15, 0.2) is 45.5 Å². The highest BCUT2D eigenvalue weighted by atomic mass is 79.9. The number of halogens is 2. The number of carbonyl (C=O) groups is 1. The molecule has 1 heterocycles. The standard InChI is InChI=1S/C14H13BrFNO3/c1-9(14(18)17-8-11-3-2-6-19-11)20-10-4-5-13(16)12(15)7-10/h2-7,9H,8H2,1H3,(H,17,18). The molecule has 1 atom stereocenters. The Labute approximate surface area is 124 Å². The van der Waals surface area contributed by atoms with Crippen LogP contribution in [0.3, 0.4) is 0 Å². The van der Waals surface area contributed by atoms with Gasteiger partial charge in [-0.05, 0) is 53.2 Å². The number of hydrogen-bond acceptors (Lipinski definition) is 3. The topological polar surface area (TPSA) is 51.5 Å². The molecule has 0 spiro atoms. The summed E-state index contributed by atoms with van der Waals surface area (Å²) in [5.41, 5.74) is 0. The number of ether oxygens (including phenoxy) is 1. The van der Waals surface area contributed by atoms with Gasteiger partial charge in [0.1, 0.15) is 17.3 Å². The molecule has 0 saturated carbocycles. The summed E-state index contributed by atoms with van der Waals surface area (Å²) in [5, 5.41) is 2.69. The molecule has 0 aliphatic heterocycles. The van der Waals surface area contributed by atoms with Crippen LogP contribution in [0.1, 0.15) is 12.7 Å². The molecule has 0 fully saturated rings. The Morgan fingerprint density at radius 3 is 2.95 bits per heavy atom. The Balaban J connectivity index is 1.88. The van der Waals surface area contributed by atoms with E-state index in [0.29, 0.717) is 18.1 Å². The van der Waals surface area contributed by atoms with Gasteiger partial charge in [-0.25, -0.2) is 4.39 Å². The van der Waals surface area contributed by atoms with Crippen LogP contribution in [-0.4, -0.2) is 12.0 Å². The summed E-state index contributed by atoms with van der Waals surface area (Å²) in [4.78, 5) is 11.8. The third-order valence-corrected chi connectivity index (χ3v) is 3.20. The molecule has 6 heteroatoms. The maximum atomic E-state index is 13.1. The van der Waals surface area contributed by atoms with Gasteiger partial charge in [-0.2, -0.15) is 0 Å². The summed E-state index contributed by atoms with van der Waals surface area (Å²) in [6, 6.07) is 7.73. The Hall–Kier alpha value is -1.82. The first kappa shape index (κ1) is 14.6. The average Bonchev–Trinajstić information content (AvgIpc) is 2.93. The van der Waals surface area contributed by atoms with Crippen LogP contribution in [0.5, 0.6) is 5.75 Å². The lowest BCUT2D eigenvalue weighted by molar-refractivity contribution is -0.127. The Kier molecular flexibility index (Phi) is 4.79. The first-order valence-corrected chi connectivity index (χ1v) is 6.77. The van der Waals surface area contributed by atoms with Crippen LogP contribution in [0.25, 0.3) is 0 Å². The lowest BCUT2D eigenvalue weighted by atomic mass is 10.3. The van der Waals surface area contributed by atoms with Gasteiger partial charge in [0, 0.05) is 0 Å². The molecule has 2 aromatic rings. The number of nitrogens with one attached hydrogen (secondary N) is 1. The predicted molar refractivity (Wildman–Crippen MR) is 74.7 cm³/mol. The highest BCUT2D eigenvalue weighted by molar-refractivity contribution is 9.10. The maximum absolute atomic E-state index is 13.1. The highest BCUT2D eigenvalue weighted by Crippen LogP contribution is 2.22.